The van der Waals surface area contributed by atoms with Crippen LogP contribution in [-0.4, -0.2) is 30.0 Å². The molecular formula is C15H32N4. The third kappa shape index (κ3) is 5.39. The van der Waals surface area contributed by atoms with E-state index in [9.17, 15) is 0 Å². The molecule has 0 heterocycles. The van der Waals surface area contributed by atoms with E-state index in [-0.39, 0.29) is 0 Å². The quantitative estimate of drug-likeness (QED) is 0.337. The van der Waals surface area contributed by atoms with Gasteiger partial charge >= 0.3 is 0 Å². The number of hydrogen-bond acceptors (Lipinski definition) is 2. The first-order valence-electron chi connectivity index (χ1n) is 8.04. The molecule has 112 valence electrons. The van der Waals surface area contributed by atoms with Gasteiger partial charge < -0.3 is 4.90 Å². The Morgan fingerprint density at radius 1 is 1.21 bits per heavy atom. The summed E-state index contributed by atoms with van der Waals surface area (Å²) in [5, 5.41) is 0. The van der Waals surface area contributed by atoms with Gasteiger partial charge in [-0.3, -0.25) is 5.43 Å². The lowest BCUT2D eigenvalue weighted by atomic mass is 9.96. The Hall–Kier alpha value is -0.770. The Bertz CT molecular complexity index is 255. The average Bonchev–Trinajstić information content (AvgIpc) is 2.48. The SMILES string of the molecule is CCC(CC)CN(CC)C(=NC1CCCCC1)NN. The highest BCUT2D eigenvalue weighted by atomic mass is 15.4. The van der Waals surface area contributed by atoms with E-state index in [1.807, 2.05) is 0 Å². The molecule has 0 aliphatic heterocycles. The normalized spacial score (nSPS) is 17.8. The van der Waals surface area contributed by atoms with Crippen LogP contribution in [0.2, 0.25) is 0 Å². The van der Waals surface area contributed by atoms with Crippen LogP contribution >= 0.6 is 0 Å². The summed E-state index contributed by atoms with van der Waals surface area (Å²) < 4.78 is 0. The van der Waals surface area contributed by atoms with Crippen LogP contribution in [0.15, 0.2) is 4.99 Å². The van der Waals surface area contributed by atoms with Gasteiger partial charge in [-0.1, -0.05) is 46.0 Å². The highest BCUT2D eigenvalue weighted by Gasteiger charge is 2.17. The maximum Gasteiger partial charge on any atom is 0.208 e. The number of nitrogens with two attached hydrogens (primary N) is 1. The van der Waals surface area contributed by atoms with Crippen LogP contribution in [0.4, 0.5) is 0 Å². The highest BCUT2D eigenvalue weighted by Crippen LogP contribution is 2.20. The summed E-state index contributed by atoms with van der Waals surface area (Å²) in [6, 6.07) is 0.468. The van der Waals surface area contributed by atoms with E-state index in [1.165, 1.54) is 44.9 Å². The minimum absolute atomic E-state index is 0.468. The number of nitrogens with one attached hydrogen (secondary N) is 1. The van der Waals surface area contributed by atoms with Crippen molar-refractivity contribution in [1.82, 2.24) is 10.3 Å². The lowest BCUT2D eigenvalue weighted by Gasteiger charge is -2.29. The standard InChI is InChI=1S/C15H32N4/c1-4-13(5-2)12-19(6-3)15(18-16)17-14-10-8-7-9-11-14/h13-14H,4-12,16H2,1-3H3,(H,17,18). The number of hydrazine groups is 1. The van der Waals surface area contributed by atoms with Crippen molar-refractivity contribution in [3.8, 4) is 0 Å². The van der Waals surface area contributed by atoms with Gasteiger partial charge in [-0.25, -0.2) is 10.8 Å². The third-order valence-electron chi connectivity index (χ3n) is 4.32. The summed E-state index contributed by atoms with van der Waals surface area (Å²) in [5.41, 5.74) is 2.83. The zero-order valence-corrected chi connectivity index (χ0v) is 13.0. The van der Waals surface area contributed by atoms with Crippen LogP contribution in [-0.2, 0) is 0 Å². The summed E-state index contributed by atoms with van der Waals surface area (Å²) in [6.07, 6.45) is 8.85. The fourth-order valence-electron chi connectivity index (χ4n) is 2.82. The molecule has 3 N–H and O–H groups in total. The molecule has 0 unspecified atom stereocenters. The molecule has 1 aliphatic carbocycles. The molecule has 0 saturated heterocycles. The lowest BCUT2D eigenvalue weighted by Crippen LogP contribution is -2.47. The van der Waals surface area contributed by atoms with Crippen LogP contribution < -0.4 is 11.3 Å². The molecule has 1 saturated carbocycles. The summed E-state index contributed by atoms with van der Waals surface area (Å²) in [7, 11) is 0. The first-order chi connectivity index (χ1) is 9.24. The van der Waals surface area contributed by atoms with Gasteiger partial charge in [0.1, 0.15) is 0 Å². The molecule has 0 bridgehead atoms. The Balaban J connectivity index is 2.64. The van der Waals surface area contributed by atoms with Crippen molar-refractivity contribution in [3.05, 3.63) is 0 Å². The van der Waals surface area contributed by atoms with Crippen molar-refractivity contribution in [2.45, 2.75) is 71.8 Å². The summed E-state index contributed by atoms with van der Waals surface area (Å²) in [4.78, 5) is 7.15. The molecule has 0 spiro atoms. The van der Waals surface area contributed by atoms with E-state index < -0.39 is 0 Å². The second-order valence-corrected chi connectivity index (χ2v) is 5.61. The largest absolute Gasteiger partial charge is 0.342 e. The third-order valence-corrected chi connectivity index (χ3v) is 4.32. The van der Waals surface area contributed by atoms with Crippen LogP contribution in [0.1, 0.15) is 65.7 Å². The molecule has 0 radical (unpaired) electrons. The Labute approximate surface area is 118 Å². The molecule has 1 aliphatic rings. The minimum atomic E-state index is 0.468. The molecule has 19 heavy (non-hydrogen) atoms. The smallest absolute Gasteiger partial charge is 0.208 e. The summed E-state index contributed by atoms with van der Waals surface area (Å²) in [6.45, 7) is 8.72. The number of guanidine groups is 1. The zero-order chi connectivity index (χ0) is 14.1. The molecule has 0 aromatic heterocycles. The summed E-state index contributed by atoms with van der Waals surface area (Å²) >= 11 is 0. The van der Waals surface area contributed by atoms with Gasteiger partial charge in [0.15, 0.2) is 0 Å². The molecule has 0 amide bonds. The van der Waals surface area contributed by atoms with Crippen LogP contribution in [0.25, 0.3) is 0 Å². The molecule has 4 heteroatoms. The van der Waals surface area contributed by atoms with Crippen molar-refractivity contribution in [2.24, 2.45) is 16.8 Å². The fraction of sp³-hybridized carbons (Fsp3) is 0.933. The second kappa shape index (κ2) is 9.18. The van der Waals surface area contributed by atoms with Crippen molar-refractivity contribution < 1.29 is 0 Å². The monoisotopic (exact) mass is 268 g/mol. The predicted molar refractivity (Wildman–Crippen MR) is 83.0 cm³/mol. The van der Waals surface area contributed by atoms with Gasteiger partial charge in [0.05, 0.1) is 6.04 Å². The van der Waals surface area contributed by atoms with Crippen LogP contribution in [0, 0.1) is 5.92 Å². The average molecular weight is 268 g/mol. The van der Waals surface area contributed by atoms with E-state index in [2.05, 4.69) is 31.1 Å². The van der Waals surface area contributed by atoms with E-state index in [1.54, 1.807) is 0 Å². The van der Waals surface area contributed by atoms with Gasteiger partial charge in [-0.15, -0.1) is 0 Å². The number of hydrogen-bond donors (Lipinski definition) is 2. The number of aliphatic imine (C=N–C) groups is 1. The molecular weight excluding hydrogens is 236 g/mol. The second-order valence-electron chi connectivity index (χ2n) is 5.61. The molecule has 1 rings (SSSR count). The van der Waals surface area contributed by atoms with Gasteiger partial charge in [-0.2, -0.15) is 0 Å². The van der Waals surface area contributed by atoms with Crippen molar-refractivity contribution in [3.63, 3.8) is 0 Å². The van der Waals surface area contributed by atoms with Gasteiger partial charge in [0.2, 0.25) is 5.96 Å². The van der Waals surface area contributed by atoms with Gasteiger partial charge in [-0.05, 0) is 25.7 Å². The van der Waals surface area contributed by atoms with E-state index in [4.69, 9.17) is 10.8 Å². The maximum atomic E-state index is 5.70. The summed E-state index contributed by atoms with van der Waals surface area (Å²) in [5.74, 6) is 7.32. The number of rotatable bonds is 6. The van der Waals surface area contributed by atoms with E-state index in [0.717, 1.165) is 25.0 Å². The predicted octanol–water partition coefficient (Wildman–Crippen LogP) is 2.90. The Kier molecular flexibility index (Phi) is 7.87. The highest BCUT2D eigenvalue weighted by molar-refractivity contribution is 5.79. The van der Waals surface area contributed by atoms with Crippen LogP contribution in [0.3, 0.4) is 0 Å². The van der Waals surface area contributed by atoms with E-state index >= 15 is 0 Å². The Morgan fingerprint density at radius 2 is 1.84 bits per heavy atom. The van der Waals surface area contributed by atoms with Gasteiger partial charge in [0, 0.05) is 13.1 Å². The van der Waals surface area contributed by atoms with Crippen molar-refractivity contribution in [2.75, 3.05) is 13.1 Å². The molecule has 0 aromatic rings. The molecule has 1 fully saturated rings. The fourth-order valence-corrected chi connectivity index (χ4v) is 2.82. The molecule has 0 aromatic carbocycles. The lowest BCUT2D eigenvalue weighted by molar-refractivity contribution is 0.322. The number of nitrogens with zero attached hydrogens (tertiary/aromatic N) is 2. The first-order valence-corrected chi connectivity index (χ1v) is 8.04. The van der Waals surface area contributed by atoms with E-state index in [0.29, 0.717) is 6.04 Å². The van der Waals surface area contributed by atoms with Gasteiger partial charge in [0.25, 0.3) is 0 Å². The van der Waals surface area contributed by atoms with Crippen LogP contribution in [0.5, 0.6) is 0 Å². The Morgan fingerprint density at radius 3 is 2.32 bits per heavy atom. The zero-order valence-electron chi connectivity index (χ0n) is 13.0. The maximum absolute atomic E-state index is 5.70. The molecule has 4 nitrogen and oxygen atoms in total. The first kappa shape index (κ1) is 16.3. The minimum Gasteiger partial charge on any atom is -0.342 e. The van der Waals surface area contributed by atoms with Crippen molar-refractivity contribution in [1.29, 1.82) is 0 Å². The van der Waals surface area contributed by atoms with Crippen molar-refractivity contribution >= 4 is 5.96 Å². The topological polar surface area (TPSA) is 53.6 Å². The molecule has 0 atom stereocenters.